The summed E-state index contributed by atoms with van der Waals surface area (Å²) < 4.78 is 12.9. The minimum absolute atomic E-state index is 0.243. The zero-order valence-corrected chi connectivity index (χ0v) is 16.2. The highest BCUT2D eigenvalue weighted by Crippen LogP contribution is 2.22. The molecule has 1 aromatic heterocycles. The van der Waals surface area contributed by atoms with Crippen LogP contribution in [-0.4, -0.2) is 22.4 Å². The van der Waals surface area contributed by atoms with E-state index < -0.39 is 0 Å². The molecule has 5 nitrogen and oxygen atoms in total. The summed E-state index contributed by atoms with van der Waals surface area (Å²) in [5, 5.41) is 6.07. The third kappa shape index (κ3) is 4.91. The van der Waals surface area contributed by atoms with E-state index in [2.05, 4.69) is 20.6 Å². The van der Waals surface area contributed by atoms with E-state index in [4.69, 9.17) is 0 Å². The number of nitrogens with zero attached hydrogens (tertiary/aromatic N) is 2. The first kappa shape index (κ1) is 19.5. The number of aryl methyl sites for hydroxylation is 3. The molecule has 0 aliphatic heterocycles. The van der Waals surface area contributed by atoms with Gasteiger partial charge in [-0.15, -0.1) is 0 Å². The Morgan fingerprint density at radius 2 is 1.68 bits per heavy atom. The second-order valence-corrected chi connectivity index (χ2v) is 6.82. The summed E-state index contributed by atoms with van der Waals surface area (Å²) in [4.78, 5) is 20.9. The zero-order chi connectivity index (χ0) is 20.1. The Bertz CT molecular complexity index is 946. The second-order valence-electron chi connectivity index (χ2n) is 6.82. The van der Waals surface area contributed by atoms with Gasteiger partial charge in [-0.25, -0.2) is 14.4 Å². The van der Waals surface area contributed by atoms with Crippen molar-refractivity contribution >= 4 is 17.4 Å². The third-order valence-corrected chi connectivity index (χ3v) is 4.43. The van der Waals surface area contributed by atoms with E-state index in [-0.39, 0.29) is 17.4 Å². The smallest absolute Gasteiger partial charge is 0.275 e. The minimum Gasteiger partial charge on any atom is -0.368 e. The molecule has 0 radical (unpaired) electrons. The molecule has 2 aromatic carbocycles. The monoisotopic (exact) mass is 378 g/mol. The van der Waals surface area contributed by atoms with Gasteiger partial charge in [0.25, 0.3) is 5.91 Å². The Hall–Kier alpha value is -3.28. The average molecular weight is 378 g/mol. The SMILES string of the molecule is Cc1cc(C)c(NC(=O)c2cnc(NCCc3ccc(F)cc3)cn2)c(C)c1. The van der Waals surface area contributed by atoms with Gasteiger partial charge in [-0.1, -0.05) is 29.8 Å². The summed E-state index contributed by atoms with van der Waals surface area (Å²) in [7, 11) is 0. The van der Waals surface area contributed by atoms with Crippen molar-refractivity contribution in [2.75, 3.05) is 17.2 Å². The highest BCUT2D eigenvalue weighted by Gasteiger charge is 2.12. The molecule has 1 amide bonds. The van der Waals surface area contributed by atoms with E-state index in [0.717, 1.165) is 34.4 Å². The maximum absolute atomic E-state index is 12.9. The molecule has 0 aliphatic carbocycles. The zero-order valence-electron chi connectivity index (χ0n) is 16.2. The predicted molar refractivity (Wildman–Crippen MR) is 109 cm³/mol. The van der Waals surface area contributed by atoms with Crippen LogP contribution in [0.15, 0.2) is 48.8 Å². The number of aromatic nitrogens is 2. The molecular formula is C22H23FN4O. The van der Waals surface area contributed by atoms with E-state index in [1.807, 2.05) is 32.9 Å². The third-order valence-electron chi connectivity index (χ3n) is 4.43. The molecule has 6 heteroatoms. The summed E-state index contributed by atoms with van der Waals surface area (Å²) in [6, 6.07) is 10.5. The highest BCUT2D eigenvalue weighted by atomic mass is 19.1. The summed E-state index contributed by atoms with van der Waals surface area (Å²) >= 11 is 0. The second kappa shape index (κ2) is 8.61. The van der Waals surface area contributed by atoms with Gasteiger partial charge in [0, 0.05) is 12.2 Å². The van der Waals surface area contributed by atoms with Crippen molar-refractivity contribution in [3.05, 3.63) is 82.6 Å². The molecule has 0 aliphatic rings. The Morgan fingerprint density at radius 3 is 2.29 bits per heavy atom. The molecule has 28 heavy (non-hydrogen) atoms. The number of rotatable bonds is 6. The molecule has 0 fully saturated rings. The minimum atomic E-state index is -0.291. The highest BCUT2D eigenvalue weighted by molar-refractivity contribution is 6.03. The first-order chi connectivity index (χ1) is 13.4. The van der Waals surface area contributed by atoms with E-state index in [9.17, 15) is 9.18 Å². The number of nitrogens with one attached hydrogen (secondary N) is 2. The summed E-state index contributed by atoms with van der Waals surface area (Å²) in [6.07, 6.45) is 3.72. The number of anilines is 2. The molecule has 0 atom stereocenters. The molecule has 0 unspecified atom stereocenters. The number of hydrogen-bond acceptors (Lipinski definition) is 4. The number of hydrogen-bond donors (Lipinski definition) is 2. The van der Waals surface area contributed by atoms with Crippen molar-refractivity contribution in [1.82, 2.24) is 9.97 Å². The van der Waals surface area contributed by atoms with Crippen molar-refractivity contribution < 1.29 is 9.18 Å². The van der Waals surface area contributed by atoms with Crippen molar-refractivity contribution in [2.45, 2.75) is 27.2 Å². The number of amides is 1. The van der Waals surface area contributed by atoms with Crippen LogP contribution in [0.3, 0.4) is 0 Å². The van der Waals surface area contributed by atoms with Crippen LogP contribution in [0.4, 0.5) is 15.9 Å². The van der Waals surface area contributed by atoms with Crippen LogP contribution in [-0.2, 0) is 6.42 Å². The topological polar surface area (TPSA) is 66.9 Å². The Balaban J connectivity index is 1.57. The van der Waals surface area contributed by atoms with Crippen molar-refractivity contribution in [3.63, 3.8) is 0 Å². The molecule has 144 valence electrons. The van der Waals surface area contributed by atoms with Crippen molar-refractivity contribution in [2.24, 2.45) is 0 Å². The quantitative estimate of drug-likeness (QED) is 0.665. The van der Waals surface area contributed by atoms with E-state index in [1.165, 1.54) is 24.5 Å². The van der Waals surface area contributed by atoms with Crippen molar-refractivity contribution in [3.8, 4) is 0 Å². The van der Waals surface area contributed by atoms with E-state index >= 15 is 0 Å². The van der Waals surface area contributed by atoms with Crippen LogP contribution in [0.25, 0.3) is 0 Å². The fourth-order valence-corrected chi connectivity index (χ4v) is 3.08. The lowest BCUT2D eigenvalue weighted by molar-refractivity contribution is 0.102. The molecule has 0 saturated carbocycles. The van der Waals surface area contributed by atoms with Crippen LogP contribution < -0.4 is 10.6 Å². The number of benzene rings is 2. The molecule has 0 bridgehead atoms. The van der Waals surface area contributed by atoms with Gasteiger partial charge in [-0.3, -0.25) is 4.79 Å². The summed E-state index contributed by atoms with van der Waals surface area (Å²) in [5.41, 5.74) is 5.27. The van der Waals surface area contributed by atoms with Crippen LogP contribution in [0.2, 0.25) is 0 Å². The van der Waals surface area contributed by atoms with Gasteiger partial charge in [0.1, 0.15) is 17.3 Å². The van der Waals surface area contributed by atoms with Gasteiger partial charge in [0.05, 0.1) is 12.4 Å². The van der Waals surface area contributed by atoms with Crippen LogP contribution >= 0.6 is 0 Å². The largest absolute Gasteiger partial charge is 0.368 e. The molecular weight excluding hydrogens is 355 g/mol. The number of carbonyl (C=O) groups excluding carboxylic acids is 1. The molecule has 0 saturated heterocycles. The van der Waals surface area contributed by atoms with Gasteiger partial charge in [-0.05, 0) is 56.0 Å². The summed E-state index contributed by atoms with van der Waals surface area (Å²) in [5.74, 6) is 0.0502. The van der Waals surface area contributed by atoms with Crippen LogP contribution in [0.5, 0.6) is 0 Å². The van der Waals surface area contributed by atoms with Gasteiger partial charge < -0.3 is 10.6 Å². The maximum Gasteiger partial charge on any atom is 0.275 e. The fourth-order valence-electron chi connectivity index (χ4n) is 3.08. The van der Waals surface area contributed by atoms with Crippen LogP contribution in [0, 0.1) is 26.6 Å². The van der Waals surface area contributed by atoms with Gasteiger partial charge in [0.2, 0.25) is 0 Å². The first-order valence-corrected chi connectivity index (χ1v) is 9.12. The lowest BCUT2D eigenvalue weighted by Crippen LogP contribution is -2.16. The van der Waals surface area contributed by atoms with Crippen molar-refractivity contribution in [1.29, 1.82) is 0 Å². The van der Waals surface area contributed by atoms with Crippen LogP contribution in [0.1, 0.15) is 32.7 Å². The Morgan fingerprint density at radius 1 is 1.00 bits per heavy atom. The summed E-state index contributed by atoms with van der Waals surface area (Å²) in [6.45, 7) is 6.59. The first-order valence-electron chi connectivity index (χ1n) is 9.12. The lowest BCUT2D eigenvalue weighted by atomic mass is 10.1. The number of halogens is 1. The lowest BCUT2D eigenvalue weighted by Gasteiger charge is -2.12. The predicted octanol–water partition coefficient (Wildman–Crippen LogP) is 4.45. The molecule has 2 N–H and O–H groups in total. The van der Waals surface area contributed by atoms with Gasteiger partial charge in [-0.2, -0.15) is 0 Å². The van der Waals surface area contributed by atoms with Gasteiger partial charge >= 0.3 is 0 Å². The maximum atomic E-state index is 12.9. The molecule has 1 heterocycles. The normalized spacial score (nSPS) is 10.6. The fraction of sp³-hybridized carbons (Fsp3) is 0.227. The van der Waals surface area contributed by atoms with Gasteiger partial charge in [0.15, 0.2) is 0 Å². The average Bonchev–Trinajstić information content (AvgIpc) is 2.66. The molecule has 3 aromatic rings. The standard InChI is InChI=1S/C22H23FN4O/c1-14-10-15(2)21(16(3)11-14)27-22(28)19-12-26-20(13-25-19)24-9-8-17-4-6-18(23)7-5-17/h4-7,10-13H,8-9H2,1-3H3,(H,24,26)(H,27,28). The molecule has 3 rings (SSSR count). The Kier molecular flexibility index (Phi) is 5.99. The van der Waals surface area contributed by atoms with E-state index in [1.54, 1.807) is 12.1 Å². The Labute approximate surface area is 164 Å². The molecule has 0 spiro atoms. The number of carbonyl (C=O) groups is 1. The van der Waals surface area contributed by atoms with E-state index in [0.29, 0.717) is 12.4 Å².